The molecule has 1 saturated carbocycles. The summed E-state index contributed by atoms with van der Waals surface area (Å²) in [5.74, 6) is 0.644. The number of nitrogens with zero attached hydrogens (tertiary/aromatic N) is 1. The maximum Gasteiger partial charge on any atom is 0.224 e. The lowest BCUT2D eigenvalue weighted by Crippen LogP contribution is -2.15. The summed E-state index contributed by atoms with van der Waals surface area (Å²) in [7, 11) is 0. The van der Waals surface area contributed by atoms with Crippen LogP contribution in [0.4, 0.5) is 5.69 Å². The fraction of sp³-hybridized carbons (Fsp3) is 0.467. The van der Waals surface area contributed by atoms with Crippen LogP contribution in [0.3, 0.4) is 0 Å². The molecule has 2 rings (SSSR count). The Morgan fingerprint density at radius 1 is 1.43 bits per heavy atom. The molecule has 0 aliphatic heterocycles. The van der Waals surface area contributed by atoms with Crippen LogP contribution < -0.4 is 11.1 Å². The standard InChI is InChI=1S/C15H20ClN3O2/c16-12-9-11(15(17)19-21)6-7-13(12)18-14(20)8-5-10-3-1-2-4-10/h6-7,9-10,21H,1-5,8H2,(H2,17,19)(H,18,20). The van der Waals surface area contributed by atoms with Crippen LogP contribution in [0.25, 0.3) is 0 Å². The minimum Gasteiger partial charge on any atom is -0.409 e. The number of rotatable bonds is 5. The lowest BCUT2D eigenvalue weighted by atomic mass is 10.0. The Hall–Kier alpha value is -1.75. The molecule has 114 valence electrons. The minimum absolute atomic E-state index is 0.0176. The van der Waals surface area contributed by atoms with Crippen molar-refractivity contribution >= 4 is 29.0 Å². The predicted molar refractivity (Wildman–Crippen MR) is 83.8 cm³/mol. The van der Waals surface area contributed by atoms with Crippen molar-refractivity contribution in [3.05, 3.63) is 28.8 Å². The van der Waals surface area contributed by atoms with E-state index in [1.807, 2.05) is 0 Å². The van der Waals surface area contributed by atoms with Gasteiger partial charge >= 0.3 is 0 Å². The highest BCUT2D eigenvalue weighted by atomic mass is 35.5. The van der Waals surface area contributed by atoms with E-state index in [1.54, 1.807) is 18.2 Å². The molecule has 1 amide bonds. The van der Waals surface area contributed by atoms with E-state index in [2.05, 4.69) is 10.5 Å². The molecule has 1 aromatic rings. The molecule has 0 saturated heterocycles. The van der Waals surface area contributed by atoms with Crippen LogP contribution in [-0.2, 0) is 4.79 Å². The number of nitrogens with two attached hydrogens (primary N) is 1. The van der Waals surface area contributed by atoms with Gasteiger partial charge in [0.1, 0.15) is 0 Å². The summed E-state index contributed by atoms with van der Waals surface area (Å²) in [4.78, 5) is 11.9. The first-order valence-corrected chi connectivity index (χ1v) is 7.55. The van der Waals surface area contributed by atoms with Crippen LogP contribution in [0, 0.1) is 5.92 Å². The highest BCUT2D eigenvalue weighted by molar-refractivity contribution is 6.34. The Balaban J connectivity index is 1.91. The first-order chi connectivity index (χ1) is 10.1. The van der Waals surface area contributed by atoms with E-state index in [0.717, 1.165) is 6.42 Å². The van der Waals surface area contributed by atoms with Gasteiger partial charge in [0.2, 0.25) is 5.91 Å². The third kappa shape index (κ3) is 4.36. The minimum atomic E-state index is -0.0275. The van der Waals surface area contributed by atoms with Crippen LogP contribution in [0.5, 0.6) is 0 Å². The second kappa shape index (κ2) is 7.31. The van der Waals surface area contributed by atoms with Crippen molar-refractivity contribution in [2.45, 2.75) is 38.5 Å². The Morgan fingerprint density at radius 2 is 2.14 bits per heavy atom. The molecular formula is C15H20ClN3O2. The van der Waals surface area contributed by atoms with Crippen molar-refractivity contribution < 1.29 is 10.0 Å². The van der Waals surface area contributed by atoms with Crippen LogP contribution in [-0.4, -0.2) is 17.0 Å². The Morgan fingerprint density at radius 3 is 2.76 bits per heavy atom. The molecule has 1 aromatic carbocycles. The maximum atomic E-state index is 11.9. The first-order valence-electron chi connectivity index (χ1n) is 7.17. The third-order valence-electron chi connectivity index (χ3n) is 3.90. The van der Waals surface area contributed by atoms with Crippen LogP contribution in [0.1, 0.15) is 44.1 Å². The molecular weight excluding hydrogens is 290 g/mol. The zero-order chi connectivity index (χ0) is 15.2. The van der Waals surface area contributed by atoms with Gasteiger partial charge in [-0.15, -0.1) is 0 Å². The number of nitrogens with one attached hydrogen (secondary N) is 1. The first kappa shape index (κ1) is 15.6. The van der Waals surface area contributed by atoms with E-state index >= 15 is 0 Å². The number of amidine groups is 1. The lowest BCUT2D eigenvalue weighted by Gasteiger charge is -2.11. The molecule has 0 atom stereocenters. The number of carbonyl (C=O) groups excluding carboxylic acids is 1. The summed E-state index contributed by atoms with van der Waals surface area (Å²) >= 11 is 6.09. The summed E-state index contributed by atoms with van der Waals surface area (Å²) in [5.41, 5.74) is 6.54. The predicted octanol–water partition coefficient (Wildman–Crippen LogP) is 3.34. The largest absolute Gasteiger partial charge is 0.409 e. The van der Waals surface area contributed by atoms with Crippen molar-refractivity contribution in [2.24, 2.45) is 16.8 Å². The van der Waals surface area contributed by atoms with Crippen molar-refractivity contribution in [2.75, 3.05) is 5.32 Å². The third-order valence-corrected chi connectivity index (χ3v) is 4.21. The Labute approximate surface area is 129 Å². The topological polar surface area (TPSA) is 87.7 Å². The number of anilines is 1. The number of amides is 1. The zero-order valence-corrected chi connectivity index (χ0v) is 12.6. The molecule has 0 unspecified atom stereocenters. The monoisotopic (exact) mass is 309 g/mol. The van der Waals surface area contributed by atoms with Crippen LogP contribution in [0.15, 0.2) is 23.4 Å². The van der Waals surface area contributed by atoms with E-state index in [9.17, 15) is 4.79 Å². The zero-order valence-electron chi connectivity index (χ0n) is 11.8. The summed E-state index contributed by atoms with van der Waals surface area (Å²) in [5, 5.41) is 14.7. The van der Waals surface area contributed by atoms with Gasteiger partial charge in [-0.05, 0) is 30.5 Å². The lowest BCUT2D eigenvalue weighted by molar-refractivity contribution is -0.116. The smallest absolute Gasteiger partial charge is 0.224 e. The fourth-order valence-corrected chi connectivity index (χ4v) is 2.91. The highest BCUT2D eigenvalue weighted by Gasteiger charge is 2.16. The van der Waals surface area contributed by atoms with Gasteiger partial charge in [-0.25, -0.2) is 0 Å². The molecule has 0 heterocycles. The molecule has 1 fully saturated rings. The van der Waals surface area contributed by atoms with E-state index in [-0.39, 0.29) is 11.7 Å². The average molecular weight is 310 g/mol. The van der Waals surface area contributed by atoms with E-state index in [4.69, 9.17) is 22.5 Å². The number of oxime groups is 1. The fourth-order valence-electron chi connectivity index (χ4n) is 2.68. The molecule has 0 radical (unpaired) electrons. The summed E-state index contributed by atoms with van der Waals surface area (Å²) < 4.78 is 0. The molecule has 1 aliphatic carbocycles. The number of hydrogen-bond donors (Lipinski definition) is 3. The molecule has 0 bridgehead atoms. The van der Waals surface area contributed by atoms with Gasteiger partial charge in [-0.2, -0.15) is 0 Å². The second-order valence-corrected chi connectivity index (χ2v) is 5.82. The second-order valence-electron chi connectivity index (χ2n) is 5.42. The number of carbonyl (C=O) groups is 1. The van der Waals surface area contributed by atoms with Gasteiger partial charge in [0.25, 0.3) is 0 Å². The van der Waals surface area contributed by atoms with Gasteiger partial charge in [-0.1, -0.05) is 42.4 Å². The molecule has 0 aromatic heterocycles. The quantitative estimate of drug-likeness (QED) is 0.337. The van der Waals surface area contributed by atoms with Gasteiger partial charge in [0.05, 0.1) is 10.7 Å². The van der Waals surface area contributed by atoms with Gasteiger partial charge in [-0.3, -0.25) is 4.79 Å². The molecule has 4 N–H and O–H groups in total. The van der Waals surface area contributed by atoms with Crippen molar-refractivity contribution in [3.63, 3.8) is 0 Å². The van der Waals surface area contributed by atoms with E-state index < -0.39 is 0 Å². The molecule has 0 spiro atoms. The molecule has 21 heavy (non-hydrogen) atoms. The normalized spacial score (nSPS) is 16.1. The number of halogens is 1. The van der Waals surface area contributed by atoms with Gasteiger partial charge in [0.15, 0.2) is 5.84 Å². The number of hydrogen-bond acceptors (Lipinski definition) is 3. The summed E-state index contributed by atoms with van der Waals surface area (Å²) in [6, 6.07) is 4.86. The van der Waals surface area contributed by atoms with Gasteiger partial charge < -0.3 is 16.3 Å². The van der Waals surface area contributed by atoms with Crippen molar-refractivity contribution in [3.8, 4) is 0 Å². The maximum absolute atomic E-state index is 11.9. The van der Waals surface area contributed by atoms with Crippen LogP contribution in [0.2, 0.25) is 5.02 Å². The summed E-state index contributed by atoms with van der Waals surface area (Å²) in [6.07, 6.45) is 6.50. The summed E-state index contributed by atoms with van der Waals surface area (Å²) in [6.45, 7) is 0. The number of benzene rings is 1. The SMILES string of the molecule is N/C(=N/O)c1ccc(NC(=O)CCC2CCCC2)c(Cl)c1. The highest BCUT2D eigenvalue weighted by Crippen LogP contribution is 2.29. The molecule has 6 heteroatoms. The van der Waals surface area contributed by atoms with Crippen molar-refractivity contribution in [1.29, 1.82) is 0 Å². The Bertz CT molecular complexity index is 540. The Kier molecular flexibility index (Phi) is 5.44. The van der Waals surface area contributed by atoms with E-state index in [1.165, 1.54) is 25.7 Å². The molecule has 1 aliphatic rings. The van der Waals surface area contributed by atoms with Crippen LogP contribution >= 0.6 is 11.6 Å². The average Bonchev–Trinajstić information content (AvgIpc) is 2.99. The van der Waals surface area contributed by atoms with Gasteiger partial charge in [0, 0.05) is 12.0 Å². The van der Waals surface area contributed by atoms with E-state index in [0.29, 0.717) is 28.6 Å². The van der Waals surface area contributed by atoms with Crippen molar-refractivity contribution in [1.82, 2.24) is 0 Å². The molecule has 5 nitrogen and oxygen atoms in total.